The molecule has 3 aromatic heterocycles. The molecule has 0 unspecified atom stereocenters. The molecule has 0 aliphatic carbocycles. The average Bonchev–Trinajstić information content (AvgIpc) is 3.38. The lowest BCUT2D eigenvalue weighted by atomic mass is 10.2. The molecule has 30 heavy (non-hydrogen) atoms. The molecule has 1 aromatic carbocycles. The quantitative estimate of drug-likeness (QED) is 0.447. The molecule has 0 bridgehead atoms. The number of benzene rings is 1. The standard InChI is InChI=1S/C22H23FN6O/c23-17-8-6-16(7-9-17)14-29-20(28-19-3-2-11-26-22(19)29)4-1-5-21(30)25-12-10-18-13-24-15-27-18/h2-3,6-9,11,13,15H,1,4-5,10,12,14H2,(H,24,27)(H,25,30). The Labute approximate surface area is 173 Å². The SMILES string of the molecule is O=C(CCCc1nc2cccnc2n1Cc1ccc(F)cc1)NCCc1cnc[nH]1. The highest BCUT2D eigenvalue weighted by molar-refractivity contribution is 5.76. The number of H-pyrrole nitrogens is 1. The third kappa shape index (κ3) is 4.89. The van der Waals surface area contributed by atoms with Gasteiger partial charge in [0, 0.05) is 43.9 Å². The summed E-state index contributed by atoms with van der Waals surface area (Å²) >= 11 is 0. The van der Waals surface area contributed by atoms with Gasteiger partial charge in [-0.2, -0.15) is 0 Å². The minimum Gasteiger partial charge on any atom is -0.356 e. The maximum atomic E-state index is 13.2. The summed E-state index contributed by atoms with van der Waals surface area (Å²) in [6, 6.07) is 10.2. The van der Waals surface area contributed by atoms with Crippen molar-refractivity contribution in [1.29, 1.82) is 0 Å². The molecule has 0 aliphatic rings. The van der Waals surface area contributed by atoms with Crippen LogP contribution in [0.25, 0.3) is 11.2 Å². The van der Waals surface area contributed by atoms with Gasteiger partial charge in [0.25, 0.3) is 0 Å². The van der Waals surface area contributed by atoms with Gasteiger partial charge in [0.05, 0.1) is 12.9 Å². The molecule has 0 saturated heterocycles. The number of aromatic amines is 1. The van der Waals surface area contributed by atoms with Gasteiger partial charge in [-0.15, -0.1) is 0 Å². The smallest absolute Gasteiger partial charge is 0.220 e. The summed E-state index contributed by atoms with van der Waals surface area (Å²) in [4.78, 5) is 28.3. The third-order valence-electron chi connectivity index (χ3n) is 4.91. The maximum Gasteiger partial charge on any atom is 0.220 e. The van der Waals surface area contributed by atoms with Gasteiger partial charge < -0.3 is 14.9 Å². The zero-order chi connectivity index (χ0) is 20.8. The topological polar surface area (TPSA) is 88.5 Å². The number of aromatic nitrogens is 5. The van der Waals surface area contributed by atoms with Crippen molar-refractivity contribution in [2.24, 2.45) is 0 Å². The van der Waals surface area contributed by atoms with Crippen molar-refractivity contribution in [1.82, 2.24) is 29.8 Å². The average molecular weight is 406 g/mol. The summed E-state index contributed by atoms with van der Waals surface area (Å²) in [5.74, 6) is 0.637. The summed E-state index contributed by atoms with van der Waals surface area (Å²) in [6.45, 7) is 1.13. The van der Waals surface area contributed by atoms with Crippen LogP contribution in [0.15, 0.2) is 55.1 Å². The van der Waals surface area contributed by atoms with Crippen LogP contribution in [0.4, 0.5) is 4.39 Å². The minimum atomic E-state index is -0.258. The first-order valence-electron chi connectivity index (χ1n) is 9.97. The van der Waals surface area contributed by atoms with Crippen molar-refractivity contribution in [2.75, 3.05) is 6.54 Å². The third-order valence-corrected chi connectivity index (χ3v) is 4.91. The Morgan fingerprint density at radius 2 is 2.03 bits per heavy atom. The van der Waals surface area contributed by atoms with Crippen molar-refractivity contribution in [3.63, 3.8) is 0 Å². The molecule has 0 spiro atoms. The van der Waals surface area contributed by atoms with E-state index in [0.717, 1.165) is 34.7 Å². The number of hydrogen-bond donors (Lipinski definition) is 2. The van der Waals surface area contributed by atoms with E-state index in [9.17, 15) is 9.18 Å². The highest BCUT2D eigenvalue weighted by atomic mass is 19.1. The van der Waals surface area contributed by atoms with E-state index in [1.807, 2.05) is 16.7 Å². The first-order chi connectivity index (χ1) is 14.7. The first kappa shape index (κ1) is 19.8. The molecule has 8 heteroatoms. The number of nitrogens with zero attached hydrogens (tertiary/aromatic N) is 4. The van der Waals surface area contributed by atoms with Gasteiger partial charge in [0.15, 0.2) is 5.65 Å². The van der Waals surface area contributed by atoms with Crippen LogP contribution in [0.5, 0.6) is 0 Å². The minimum absolute atomic E-state index is 0.0221. The van der Waals surface area contributed by atoms with Crippen LogP contribution in [0.3, 0.4) is 0 Å². The number of carbonyl (C=O) groups is 1. The van der Waals surface area contributed by atoms with Crippen molar-refractivity contribution < 1.29 is 9.18 Å². The summed E-state index contributed by atoms with van der Waals surface area (Å²) in [5.41, 5.74) is 3.58. The fourth-order valence-electron chi connectivity index (χ4n) is 3.39. The van der Waals surface area contributed by atoms with Crippen LogP contribution in [0.2, 0.25) is 0 Å². The number of nitrogens with one attached hydrogen (secondary N) is 2. The normalized spacial score (nSPS) is 11.1. The van der Waals surface area contributed by atoms with Crippen molar-refractivity contribution in [3.05, 3.63) is 78.0 Å². The van der Waals surface area contributed by atoms with E-state index in [1.165, 1.54) is 12.1 Å². The molecule has 154 valence electrons. The lowest BCUT2D eigenvalue weighted by molar-refractivity contribution is -0.121. The largest absolute Gasteiger partial charge is 0.356 e. The van der Waals surface area contributed by atoms with E-state index in [2.05, 4.69) is 20.3 Å². The second-order valence-electron chi connectivity index (χ2n) is 7.12. The van der Waals surface area contributed by atoms with Crippen LogP contribution in [0, 0.1) is 5.82 Å². The predicted octanol–water partition coefficient (Wildman–Crippen LogP) is 3.02. The molecule has 2 N–H and O–H groups in total. The Kier molecular flexibility index (Phi) is 6.12. The van der Waals surface area contributed by atoms with E-state index in [4.69, 9.17) is 4.98 Å². The highest BCUT2D eigenvalue weighted by Crippen LogP contribution is 2.18. The number of aryl methyl sites for hydroxylation is 1. The van der Waals surface area contributed by atoms with Crippen LogP contribution >= 0.6 is 0 Å². The number of pyridine rings is 1. The molecular weight excluding hydrogens is 383 g/mol. The Bertz CT molecular complexity index is 1100. The summed E-state index contributed by atoms with van der Waals surface area (Å²) in [7, 11) is 0. The maximum absolute atomic E-state index is 13.2. The molecule has 0 aliphatic heterocycles. The highest BCUT2D eigenvalue weighted by Gasteiger charge is 2.13. The van der Waals surface area contributed by atoms with Crippen molar-refractivity contribution >= 4 is 17.1 Å². The van der Waals surface area contributed by atoms with Crippen LogP contribution in [-0.4, -0.2) is 37.0 Å². The number of halogens is 1. The van der Waals surface area contributed by atoms with Crippen molar-refractivity contribution in [3.8, 4) is 0 Å². The molecular formula is C22H23FN6O. The summed E-state index contributed by atoms with van der Waals surface area (Å²) in [6.07, 6.45) is 7.62. The molecule has 4 aromatic rings. The molecule has 0 radical (unpaired) electrons. The summed E-state index contributed by atoms with van der Waals surface area (Å²) < 4.78 is 15.3. The lowest BCUT2D eigenvalue weighted by Crippen LogP contribution is -2.25. The zero-order valence-electron chi connectivity index (χ0n) is 16.5. The van der Waals surface area contributed by atoms with Gasteiger partial charge in [-0.25, -0.2) is 19.3 Å². The van der Waals surface area contributed by atoms with Gasteiger partial charge in [-0.1, -0.05) is 12.1 Å². The molecule has 7 nitrogen and oxygen atoms in total. The van der Waals surface area contributed by atoms with Crippen LogP contribution in [-0.2, 0) is 24.2 Å². The van der Waals surface area contributed by atoms with Gasteiger partial charge in [-0.05, 0) is 36.2 Å². The molecule has 3 heterocycles. The monoisotopic (exact) mass is 406 g/mol. The number of rotatable bonds is 9. The molecule has 4 rings (SSSR count). The molecule has 0 fully saturated rings. The van der Waals surface area contributed by atoms with E-state index < -0.39 is 0 Å². The lowest BCUT2D eigenvalue weighted by Gasteiger charge is -2.09. The fourth-order valence-corrected chi connectivity index (χ4v) is 3.39. The van der Waals surface area contributed by atoms with Crippen LogP contribution < -0.4 is 5.32 Å². The van der Waals surface area contributed by atoms with Crippen LogP contribution in [0.1, 0.15) is 29.9 Å². The van der Waals surface area contributed by atoms with Gasteiger partial charge >= 0.3 is 0 Å². The second kappa shape index (κ2) is 9.30. The van der Waals surface area contributed by atoms with Crippen molar-refractivity contribution in [2.45, 2.75) is 32.2 Å². The van der Waals surface area contributed by atoms with Gasteiger partial charge in [0.2, 0.25) is 5.91 Å². The first-order valence-corrected chi connectivity index (χ1v) is 9.97. The van der Waals surface area contributed by atoms with E-state index in [-0.39, 0.29) is 11.7 Å². The molecule has 1 amide bonds. The van der Waals surface area contributed by atoms with Gasteiger partial charge in [-0.3, -0.25) is 4.79 Å². The fraction of sp³-hybridized carbons (Fsp3) is 0.273. The molecule has 0 atom stereocenters. The number of amides is 1. The number of hydrogen-bond acceptors (Lipinski definition) is 4. The Hall–Kier alpha value is -3.55. The second-order valence-corrected chi connectivity index (χ2v) is 7.12. The van der Waals surface area contributed by atoms with E-state index >= 15 is 0 Å². The van der Waals surface area contributed by atoms with E-state index in [1.54, 1.807) is 30.9 Å². The number of carbonyl (C=O) groups excluding carboxylic acids is 1. The van der Waals surface area contributed by atoms with Gasteiger partial charge in [0.1, 0.15) is 17.2 Å². The summed E-state index contributed by atoms with van der Waals surface area (Å²) in [5, 5.41) is 2.93. The molecule has 0 saturated carbocycles. The van der Waals surface area contributed by atoms with E-state index in [0.29, 0.717) is 32.4 Å². The number of imidazole rings is 2. The Morgan fingerprint density at radius 1 is 1.17 bits per heavy atom. The Morgan fingerprint density at radius 3 is 2.83 bits per heavy atom. The predicted molar refractivity (Wildman–Crippen MR) is 111 cm³/mol. The number of fused-ring (bicyclic) bond motifs is 1. The Balaban J connectivity index is 1.37. The zero-order valence-corrected chi connectivity index (χ0v) is 16.5.